The van der Waals surface area contributed by atoms with E-state index in [0.717, 1.165) is 43.7 Å². The number of ether oxygens (including phenoxy) is 7. The predicted octanol–water partition coefficient (Wildman–Crippen LogP) is 3.19. The Bertz CT molecular complexity index is 1860. The van der Waals surface area contributed by atoms with Crippen molar-refractivity contribution in [3.63, 3.8) is 0 Å². The highest BCUT2D eigenvalue weighted by Crippen LogP contribution is 2.46. The Morgan fingerprint density at radius 3 is 2.28 bits per heavy atom. The molecule has 5 rings (SSSR count). The number of hydrogen-bond donors (Lipinski definition) is 0. The molecule has 0 N–H and O–H groups in total. The fourth-order valence-corrected chi connectivity index (χ4v) is 6.20. The van der Waals surface area contributed by atoms with E-state index >= 15 is 0 Å². The molecule has 3 aromatic rings. The quantitative estimate of drug-likeness (QED) is 0.170. The maximum atomic E-state index is 13.0. The zero-order valence-electron chi connectivity index (χ0n) is 29.2. The molecule has 2 aromatic heterocycles. The first-order valence-electron chi connectivity index (χ1n) is 16.2. The summed E-state index contributed by atoms with van der Waals surface area (Å²) >= 11 is 0. The topological polar surface area (TPSA) is 194 Å². The minimum Gasteiger partial charge on any atom is -0.484 e. The molecular weight excluding hydrogens is 658 g/mol. The van der Waals surface area contributed by atoms with E-state index in [9.17, 15) is 24.0 Å². The summed E-state index contributed by atoms with van der Waals surface area (Å²) in [6, 6.07) is 1.98. The van der Waals surface area contributed by atoms with Crippen molar-refractivity contribution in [3.05, 3.63) is 45.1 Å². The molecule has 1 fully saturated rings. The molecular formula is C34H41N3O13. The van der Waals surface area contributed by atoms with Gasteiger partial charge in [-0.25, -0.2) is 9.48 Å². The van der Waals surface area contributed by atoms with Crippen molar-refractivity contribution in [1.29, 1.82) is 0 Å². The van der Waals surface area contributed by atoms with Gasteiger partial charge in [0.2, 0.25) is 5.75 Å². The Hall–Kier alpha value is -4.99. The molecule has 2 aliphatic heterocycles. The molecule has 0 spiro atoms. The van der Waals surface area contributed by atoms with Crippen molar-refractivity contribution in [3.8, 4) is 11.5 Å². The van der Waals surface area contributed by atoms with Gasteiger partial charge in [-0.2, -0.15) is 0 Å². The van der Waals surface area contributed by atoms with E-state index in [4.69, 9.17) is 37.6 Å². The van der Waals surface area contributed by atoms with Crippen LogP contribution in [-0.2, 0) is 62.3 Å². The van der Waals surface area contributed by atoms with Crippen LogP contribution in [0.1, 0.15) is 83.5 Å². The molecule has 0 unspecified atom stereocenters. The third-order valence-electron chi connectivity index (χ3n) is 8.44. The number of carbonyl (C=O) groups is 4. The first-order valence-corrected chi connectivity index (χ1v) is 16.2. The molecule has 2 aliphatic rings. The first-order chi connectivity index (χ1) is 23.6. The van der Waals surface area contributed by atoms with Gasteiger partial charge in [0.15, 0.2) is 35.9 Å². The molecule has 0 radical (unpaired) electrons. The molecule has 270 valence electrons. The summed E-state index contributed by atoms with van der Waals surface area (Å²) < 4.78 is 47.5. The Morgan fingerprint density at radius 2 is 1.64 bits per heavy atom. The molecule has 16 nitrogen and oxygen atoms in total. The molecule has 0 aliphatic carbocycles. The summed E-state index contributed by atoms with van der Waals surface area (Å²) in [6.45, 7) is 11.7. The molecule has 16 heteroatoms. The zero-order chi connectivity index (χ0) is 36.5. The molecule has 50 heavy (non-hydrogen) atoms. The lowest BCUT2D eigenvalue weighted by atomic mass is 9.92. The Labute approximate surface area is 287 Å². The van der Waals surface area contributed by atoms with Crippen molar-refractivity contribution in [2.45, 2.75) is 118 Å². The van der Waals surface area contributed by atoms with Crippen LogP contribution >= 0.6 is 0 Å². The van der Waals surface area contributed by atoms with Crippen molar-refractivity contribution in [2.75, 3.05) is 6.61 Å². The normalized spacial score (nSPS) is 22.5. The summed E-state index contributed by atoms with van der Waals surface area (Å²) in [4.78, 5) is 61.2. The van der Waals surface area contributed by atoms with Gasteiger partial charge in [0.25, 0.3) is 0 Å². The number of rotatable bonds is 10. The minimum absolute atomic E-state index is 0.168. The fraction of sp³-hybridized carbons (Fsp3) is 0.559. The van der Waals surface area contributed by atoms with E-state index in [2.05, 4.69) is 10.3 Å². The summed E-state index contributed by atoms with van der Waals surface area (Å²) in [5.74, 6) is -2.19. The molecule has 0 bridgehead atoms. The SMILES string of the molecule is CCc1c(C)c2cc3c(c(OCc4cn([C@@H]5O[C@H](COC(C)=O)[C@@H](OC(C)=O)[C@H](OC(C)=O)[C@H]5OC(C)=O)nn4)c2oc1=O)OC(C)(C)CC3. The van der Waals surface area contributed by atoms with Gasteiger partial charge < -0.3 is 37.6 Å². The maximum Gasteiger partial charge on any atom is 0.339 e. The second-order valence-corrected chi connectivity index (χ2v) is 12.8. The number of fused-ring (bicyclic) bond motifs is 2. The third kappa shape index (κ3) is 7.74. The van der Waals surface area contributed by atoms with Crippen molar-refractivity contribution in [1.82, 2.24) is 15.0 Å². The highest BCUT2D eigenvalue weighted by atomic mass is 16.7. The second kappa shape index (κ2) is 14.5. The van der Waals surface area contributed by atoms with Crippen LogP contribution in [0.5, 0.6) is 11.5 Å². The van der Waals surface area contributed by atoms with E-state index in [0.29, 0.717) is 24.2 Å². The largest absolute Gasteiger partial charge is 0.484 e. The van der Waals surface area contributed by atoms with Crippen molar-refractivity contribution in [2.24, 2.45) is 0 Å². The van der Waals surface area contributed by atoms with E-state index in [1.165, 1.54) is 17.8 Å². The van der Waals surface area contributed by atoms with Gasteiger partial charge in [-0.3, -0.25) is 19.2 Å². The van der Waals surface area contributed by atoms with Crippen LogP contribution in [0.3, 0.4) is 0 Å². The van der Waals surface area contributed by atoms with Crippen LogP contribution in [0.25, 0.3) is 11.0 Å². The highest BCUT2D eigenvalue weighted by Gasteiger charge is 2.53. The van der Waals surface area contributed by atoms with Crippen molar-refractivity contribution < 1.29 is 56.8 Å². The summed E-state index contributed by atoms with van der Waals surface area (Å²) in [5.41, 5.74) is 1.84. The summed E-state index contributed by atoms with van der Waals surface area (Å²) in [6.07, 6.45) is -3.10. The number of hydrogen-bond acceptors (Lipinski definition) is 15. The minimum atomic E-state index is -1.38. The van der Waals surface area contributed by atoms with E-state index in [1.54, 1.807) is 0 Å². The third-order valence-corrected chi connectivity index (χ3v) is 8.44. The van der Waals surface area contributed by atoms with E-state index in [1.807, 2.05) is 33.8 Å². The lowest BCUT2D eigenvalue weighted by Crippen LogP contribution is -2.60. The Kier molecular flexibility index (Phi) is 10.5. The average Bonchev–Trinajstić information content (AvgIpc) is 3.49. The monoisotopic (exact) mass is 699 g/mol. The molecule has 5 atom stereocenters. The van der Waals surface area contributed by atoms with Crippen molar-refractivity contribution >= 4 is 34.8 Å². The first kappa shape index (κ1) is 36.3. The molecule has 0 saturated carbocycles. The number of carbonyl (C=O) groups excluding carboxylic acids is 4. The van der Waals surface area contributed by atoms with E-state index < -0.39 is 72.4 Å². The summed E-state index contributed by atoms with van der Waals surface area (Å²) in [5, 5.41) is 9.12. The number of esters is 4. The number of aryl methyl sites for hydroxylation is 2. The second-order valence-electron chi connectivity index (χ2n) is 12.8. The zero-order valence-corrected chi connectivity index (χ0v) is 29.2. The van der Waals surface area contributed by atoms with E-state index in [-0.39, 0.29) is 23.6 Å². The van der Waals surface area contributed by atoms with Crippen LogP contribution in [0.2, 0.25) is 0 Å². The molecule has 1 aromatic carbocycles. The predicted molar refractivity (Wildman–Crippen MR) is 171 cm³/mol. The molecule has 4 heterocycles. The van der Waals surface area contributed by atoms with Crippen LogP contribution in [0.4, 0.5) is 0 Å². The van der Waals surface area contributed by atoms with Gasteiger partial charge in [-0.15, -0.1) is 5.10 Å². The molecule has 1 saturated heterocycles. The summed E-state index contributed by atoms with van der Waals surface area (Å²) in [7, 11) is 0. The fourth-order valence-electron chi connectivity index (χ4n) is 6.20. The van der Waals surface area contributed by atoms with Gasteiger partial charge in [0.05, 0.1) is 6.20 Å². The van der Waals surface area contributed by atoms with Gasteiger partial charge >= 0.3 is 29.5 Å². The van der Waals surface area contributed by atoms with Crippen LogP contribution < -0.4 is 15.1 Å². The Morgan fingerprint density at radius 1 is 0.980 bits per heavy atom. The van der Waals surface area contributed by atoms with Crippen LogP contribution in [-0.4, -0.2) is 75.5 Å². The van der Waals surface area contributed by atoms with Gasteiger partial charge in [0.1, 0.15) is 30.6 Å². The van der Waals surface area contributed by atoms with Crippen LogP contribution in [0, 0.1) is 6.92 Å². The number of aromatic nitrogens is 3. The number of benzene rings is 1. The number of nitrogens with zero attached hydrogens (tertiary/aromatic N) is 3. The maximum absolute atomic E-state index is 13.0. The lowest BCUT2D eigenvalue weighted by molar-refractivity contribution is -0.270. The van der Waals surface area contributed by atoms with Crippen LogP contribution in [0.15, 0.2) is 21.5 Å². The standard InChI is InChI=1S/C34H41N3O13/c1-9-23-16(2)24-12-21-10-11-34(7,8)50-26(21)29(27(24)49-33(23)42)44-14-22-13-37(36-35-22)32-31(47-20(6)41)30(46-19(5)40)28(45-18(4)39)25(48-32)15-43-17(3)38/h12-13,25,28,30-32H,9-11,14-15H2,1-8H3/t25-,28-,30+,31-,32-/m1/s1. The lowest BCUT2D eigenvalue weighted by Gasteiger charge is -2.44. The molecule has 0 amide bonds. The van der Waals surface area contributed by atoms with Gasteiger partial charge in [0, 0.05) is 38.6 Å². The average molecular weight is 700 g/mol. The highest BCUT2D eigenvalue weighted by molar-refractivity contribution is 5.90. The Balaban J connectivity index is 1.51. The van der Waals surface area contributed by atoms with Gasteiger partial charge in [-0.1, -0.05) is 12.1 Å². The van der Waals surface area contributed by atoms with Gasteiger partial charge in [-0.05, 0) is 57.2 Å². The smallest absolute Gasteiger partial charge is 0.339 e.